The molecule has 1 amide bonds. The van der Waals surface area contributed by atoms with E-state index in [1.165, 1.54) is 15.8 Å². The molecule has 1 fully saturated rings. The second kappa shape index (κ2) is 7.48. The Bertz CT molecular complexity index is 1040. The quantitative estimate of drug-likeness (QED) is 0.735. The fourth-order valence-corrected chi connectivity index (χ4v) is 3.33. The van der Waals surface area contributed by atoms with E-state index < -0.39 is 23.7 Å². The molecule has 29 heavy (non-hydrogen) atoms. The van der Waals surface area contributed by atoms with Crippen LogP contribution in [-0.2, 0) is 24.6 Å². The smallest absolute Gasteiger partial charge is 0.341 e. The minimum absolute atomic E-state index is 0.167. The monoisotopic (exact) mass is 414 g/mol. The Labute approximate surface area is 163 Å². The van der Waals surface area contributed by atoms with Gasteiger partial charge in [-0.15, -0.1) is 5.10 Å². The van der Waals surface area contributed by atoms with Gasteiger partial charge in [0.2, 0.25) is 11.7 Å². The molecule has 0 aromatic carbocycles. The van der Waals surface area contributed by atoms with Crippen molar-refractivity contribution in [1.82, 2.24) is 28.8 Å². The van der Waals surface area contributed by atoms with Crippen LogP contribution in [0.4, 0.5) is 13.2 Å². The van der Waals surface area contributed by atoms with Gasteiger partial charge >= 0.3 is 11.9 Å². The molecular weight excluding hydrogens is 393 g/mol. The molecule has 3 heterocycles. The minimum Gasteiger partial charge on any atom is -0.341 e. The summed E-state index contributed by atoms with van der Waals surface area (Å²) in [6.07, 6.45) is -2.81. The number of carbonyl (C=O) groups is 1. The van der Waals surface area contributed by atoms with Crippen molar-refractivity contribution >= 4 is 5.91 Å². The maximum Gasteiger partial charge on any atom is 0.451 e. The molecule has 0 saturated carbocycles. The van der Waals surface area contributed by atoms with Crippen LogP contribution in [0.3, 0.4) is 0 Å². The maximum absolute atomic E-state index is 12.9. The zero-order chi connectivity index (χ0) is 21.5. The first kappa shape index (κ1) is 20.8. The highest BCUT2D eigenvalue weighted by atomic mass is 19.4. The van der Waals surface area contributed by atoms with Gasteiger partial charge in [0.15, 0.2) is 0 Å². The van der Waals surface area contributed by atoms with E-state index in [0.29, 0.717) is 28.7 Å². The zero-order valence-corrected chi connectivity index (χ0v) is 16.2. The highest BCUT2D eigenvalue weighted by Crippen LogP contribution is 2.28. The first-order valence-corrected chi connectivity index (χ1v) is 9.04. The predicted octanol–water partition coefficient (Wildman–Crippen LogP) is 0.638. The number of halogens is 3. The van der Waals surface area contributed by atoms with Crippen LogP contribution < -0.4 is 11.2 Å². The fraction of sp³-hybridized carbons (Fsp3) is 0.588. The summed E-state index contributed by atoms with van der Waals surface area (Å²) in [5, 5.41) is 3.46. The summed E-state index contributed by atoms with van der Waals surface area (Å²) in [4.78, 5) is 42.5. The molecule has 2 aromatic rings. The molecule has 0 radical (unpaired) electrons. The molecule has 2 aromatic heterocycles. The van der Waals surface area contributed by atoms with Gasteiger partial charge in [0.1, 0.15) is 6.54 Å². The van der Waals surface area contributed by atoms with Gasteiger partial charge in [-0.1, -0.05) is 0 Å². The molecule has 0 bridgehead atoms. The molecule has 1 saturated heterocycles. The predicted molar refractivity (Wildman–Crippen MR) is 95.3 cm³/mol. The van der Waals surface area contributed by atoms with Crippen LogP contribution in [0.25, 0.3) is 0 Å². The number of rotatable bonds is 3. The largest absolute Gasteiger partial charge is 0.451 e. The summed E-state index contributed by atoms with van der Waals surface area (Å²) in [6.45, 7) is 3.68. The van der Waals surface area contributed by atoms with E-state index in [1.807, 2.05) is 0 Å². The molecule has 0 N–H and O–H groups in total. The zero-order valence-electron chi connectivity index (χ0n) is 16.2. The molecule has 0 aliphatic carbocycles. The lowest BCUT2D eigenvalue weighted by molar-refractivity contribution is -0.147. The van der Waals surface area contributed by atoms with Crippen LogP contribution in [0.2, 0.25) is 0 Å². The molecule has 0 atom stereocenters. The van der Waals surface area contributed by atoms with Crippen LogP contribution in [-0.4, -0.2) is 47.8 Å². The molecule has 0 spiro atoms. The summed E-state index contributed by atoms with van der Waals surface area (Å²) < 4.78 is 41.4. The lowest BCUT2D eigenvalue weighted by Crippen LogP contribution is -2.43. The molecule has 3 rings (SSSR count). The lowest BCUT2D eigenvalue weighted by atomic mass is 10.1. The maximum atomic E-state index is 12.9. The molecule has 9 nitrogen and oxygen atoms in total. The van der Waals surface area contributed by atoms with Crippen molar-refractivity contribution in [2.24, 2.45) is 7.05 Å². The summed E-state index contributed by atoms with van der Waals surface area (Å²) in [5.41, 5.74) is -0.0668. The Morgan fingerprint density at radius 2 is 1.83 bits per heavy atom. The van der Waals surface area contributed by atoms with Crippen molar-refractivity contribution < 1.29 is 18.0 Å². The van der Waals surface area contributed by atoms with Gasteiger partial charge in [-0.05, 0) is 26.7 Å². The number of carbonyl (C=O) groups excluding carboxylic acids is 1. The van der Waals surface area contributed by atoms with Crippen LogP contribution in [0.15, 0.2) is 15.9 Å². The third kappa shape index (κ3) is 3.96. The second-order valence-electron chi connectivity index (χ2n) is 7.11. The highest BCUT2D eigenvalue weighted by molar-refractivity contribution is 5.76. The molecule has 0 unspecified atom stereocenters. The topological polar surface area (TPSA) is 95.0 Å². The minimum atomic E-state index is -4.72. The molecule has 1 aliphatic heterocycles. The highest BCUT2D eigenvalue weighted by Gasteiger charge is 2.39. The molecule has 1 aliphatic rings. The number of nitrogens with zero attached hydrogens (tertiary/aromatic N) is 6. The summed E-state index contributed by atoms with van der Waals surface area (Å²) >= 11 is 0. The summed E-state index contributed by atoms with van der Waals surface area (Å²) in [6, 6.07) is -0.528. The van der Waals surface area contributed by atoms with Crippen molar-refractivity contribution in [1.29, 1.82) is 0 Å². The van der Waals surface area contributed by atoms with E-state index >= 15 is 0 Å². The van der Waals surface area contributed by atoms with Gasteiger partial charge in [0.05, 0.1) is 12.4 Å². The van der Waals surface area contributed by atoms with Crippen molar-refractivity contribution in [3.63, 3.8) is 0 Å². The van der Waals surface area contributed by atoms with E-state index in [0.717, 1.165) is 11.7 Å². The van der Waals surface area contributed by atoms with Crippen molar-refractivity contribution in [2.45, 2.75) is 45.5 Å². The van der Waals surface area contributed by atoms with E-state index in [4.69, 9.17) is 0 Å². The van der Waals surface area contributed by atoms with Crippen molar-refractivity contribution in [3.05, 3.63) is 44.2 Å². The van der Waals surface area contributed by atoms with Gasteiger partial charge in [-0.25, -0.2) is 14.5 Å². The molecular formula is C17H21F3N6O3. The number of amides is 1. The van der Waals surface area contributed by atoms with E-state index in [2.05, 4.69) is 10.1 Å². The van der Waals surface area contributed by atoms with Crippen LogP contribution >= 0.6 is 0 Å². The third-order valence-corrected chi connectivity index (χ3v) is 5.24. The lowest BCUT2D eigenvalue weighted by Gasteiger charge is -2.31. The van der Waals surface area contributed by atoms with E-state index in [1.54, 1.807) is 13.8 Å². The van der Waals surface area contributed by atoms with Crippen molar-refractivity contribution in [2.75, 3.05) is 13.1 Å². The van der Waals surface area contributed by atoms with Gasteiger partial charge < -0.3 is 4.90 Å². The van der Waals surface area contributed by atoms with E-state index in [-0.39, 0.29) is 31.1 Å². The van der Waals surface area contributed by atoms with Gasteiger partial charge in [0.25, 0.3) is 5.56 Å². The molecule has 158 valence electrons. The number of aryl methyl sites for hydroxylation is 1. The average Bonchev–Trinajstić information content (AvgIpc) is 2.97. The number of piperidine rings is 1. The Balaban J connectivity index is 1.68. The summed E-state index contributed by atoms with van der Waals surface area (Å²) in [7, 11) is 1.03. The van der Waals surface area contributed by atoms with Crippen LogP contribution in [0.5, 0.6) is 0 Å². The first-order valence-electron chi connectivity index (χ1n) is 9.04. The number of aromatic nitrogens is 5. The molecule has 12 heteroatoms. The van der Waals surface area contributed by atoms with Gasteiger partial charge in [-0.2, -0.15) is 13.2 Å². The Morgan fingerprint density at radius 1 is 1.21 bits per heavy atom. The van der Waals surface area contributed by atoms with Crippen LogP contribution in [0.1, 0.15) is 36.0 Å². The normalized spacial score (nSPS) is 15.7. The second-order valence-corrected chi connectivity index (χ2v) is 7.11. The average molecular weight is 414 g/mol. The number of hydrogen-bond acceptors (Lipinski definition) is 5. The number of hydrogen-bond donors (Lipinski definition) is 0. The first-order chi connectivity index (χ1) is 13.5. The van der Waals surface area contributed by atoms with Gasteiger partial charge in [0, 0.05) is 31.4 Å². The SMILES string of the molecule is Cc1ncn(CC(=O)N2CCC(n3nc(C(F)(F)F)n(C)c3=O)CC2)c(=O)c1C. The van der Waals surface area contributed by atoms with Gasteiger partial charge in [-0.3, -0.25) is 18.7 Å². The Hall–Kier alpha value is -2.92. The standard InChI is InChI=1S/C17H21F3N6O3/c1-10-11(2)21-9-25(14(10)28)8-13(27)24-6-4-12(5-7-24)26-16(29)23(3)15(22-26)17(18,19)20/h9,12H,4-8H2,1-3H3. The Morgan fingerprint density at radius 3 is 2.38 bits per heavy atom. The van der Waals surface area contributed by atoms with Crippen LogP contribution in [0, 0.1) is 13.8 Å². The number of alkyl halides is 3. The van der Waals surface area contributed by atoms with Crippen molar-refractivity contribution in [3.8, 4) is 0 Å². The third-order valence-electron chi connectivity index (χ3n) is 5.24. The number of likely N-dealkylation sites (tertiary alicyclic amines) is 1. The fourth-order valence-electron chi connectivity index (χ4n) is 3.33. The van der Waals surface area contributed by atoms with E-state index in [9.17, 15) is 27.6 Å². The summed E-state index contributed by atoms with van der Waals surface area (Å²) in [5.74, 6) is -1.54. The Kier molecular flexibility index (Phi) is 5.37.